The maximum atomic E-state index is 13.6. The molecule has 0 radical (unpaired) electrons. The molecule has 2 aromatic heterocycles. The van der Waals surface area contributed by atoms with E-state index < -0.39 is 5.82 Å². The second-order valence-electron chi connectivity index (χ2n) is 4.18. The molecule has 0 aliphatic carbocycles. The summed E-state index contributed by atoms with van der Waals surface area (Å²) in [4.78, 5) is 7.96. The van der Waals surface area contributed by atoms with E-state index in [9.17, 15) is 4.39 Å². The minimum Gasteiger partial charge on any atom is -0.465 e. The molecule has 102 valence electrons. The molecule has 0 saturated heterocycles. The van der Waals surface area contributed by atoms with Gasteiger partial charge in [0.1, 0.15) is 11.5 Å². The van der Waals surface area contributed by atoms with Crippen molar-refractivity contribution in [3.8, 4) is 0 Å². The van der Waals surface area contributed by atoms with Gasteiger partial charge in [-0.05, 0) is 25.5 Å². The number of aryl methyl sites for hydroxylation is 1. The summed E-state index contributed by atoms with van der Waals surface area (Å²) in [6.07, 6.45) is 2.11. The van der Waals surface area contributed by atoms with E-state index in [1.54, 1.807) is 0 Å². The number of furan rings is 1. The van der Waals surface area contributed by atoms with Gasteiger partial charge in [0.15, 0.2) is 11.6 Å². The fourth-order valence-electron chi connectivity index (χ4n) is 1.56. The van der Waals surface area contributed by atoms with Gasteiger partial charge in [0, 0.05) is 6.54 Å². The van der Waals surface area contributed by atoms with Crippen molar-refractivity contribution >= 4 is 11.8 Å². The lowest BCUT2D eigenvalue weighted by Gasteiger charge is -2.07. The molecule has 2 rings (SSSR count). The molecule has 2 N–H and O–H groups in total. The Bertz CT molecular complexity index is 541. The zero-order valence-electron chi connectivity index (χ0n) is 11.0. The number of nitrogens with one attached hydrogen (secondary N) is 2. The predicted molar refractivity (Wildman–Crippen MR) is 71.5 cm³/mol. The van der Waals surface area contributed by atoms with Crippen molar-refractivity contribution in [2.24, 2.45) is 0 Å². The molecule has 5 nitrogen and oxygen atoms in total. The molecule has 2 heterocycles. The van der Waals surface area contributed by atoms with Crippen LogP contribution in [0, 0.1) is 12.7 Å². The van der Waals surface area contributed by atoms with E-state index in [1.807, 2.05) is 26.0 Å². The minimum absolute atomic E-state index is 0.169. The van der Waals surface area contributed by atoms with Crippen LogP contribution in [0.3, 0.4) is 0 Å². The van der Waals surface area contributed by atoms with E-state index >= 15 is 0 Å². The summed E-state index contributed by atoms with van der Waals surface area (Å²) in [5, 5.41) is 5.91. The second kappa shape index (κ2) is 6.17. The van der Waals surface area contributed by atoms with E-state index in [-0.39, 0.29) is 5.82 Å². The van der Waals surface area contributed by atoms with Gasteiger partial charge in [0.2, 0.25) is 5.95 Å². The summed E-state index contributed by atoms with van der Waals surface area (Å²) in [6, 6.07) is 3.71. The lowest BCUT2D eigenvalue weighted by Crippen LogP contribution is -2.09. The fourth-order valence-corrected chi connectivity index (χ4v) is 1.56. The number of anilines is 2. The number of nitrogens with zero attached hydrogens (tertiary/aromatic N) is 2. The molecule has 0 amide bonds. The van der Waals surface area contributed by atoms with Crippen LogP contribution in [0.5, 0.6) is 0 Å². The first-order valence-corrected chi connectivity index (χ1v) is 6.24. The van der Waals surface area contributed by atoms with Crippen molar-refractivity contribution in [1.82, 2.24) is 9.97 Å². The quantitative estimate of drug-likeness (QED) is 0.839. The fraction of sp³-hybridized carbons (Fsp3) is 0.385. The summed E-state index contributed by atoms with van der Waals surface area (Å²) < 4.78 is 19.0. The Morgan fingerprint density at radius 3 is 2.84 bits per heavy atom. The Hall–Kier alpha value is -2.11. The summed E-state index contributed by atoms with van der Waals surface area (Å²) in [7, 11) is 0. The molecule has 0 aromatic carbocycles. The van der Waals surface area contributed by atoms with Gasteiger partial charge in [-0.3, -0.25) is 0 Å². The van der Waals surface area contributed by atoms with Gasteiger partial charge >= 0.3 is 0 Å². The highest BCUT2D eigenvalue weighted by Gasteiger charge is 2.07. The summed E-state index contributed by atoms with van der Waals surface area (Å²) >= 11 is 0. The first kappa shape index (κ1) is 13.3. The summed E-state index contributed by atoms with van der Waals surface area (Å²) in [6.45, 7) is 5.04. The monoisotopic (exact) mass is 264 g/mol. The molecule has 0 saturated carbocycles. The third-order valence-electron chi connectivity index (χ3n) is 2.50. The molecule has 0 spiro atoms. The summed E-state index contributed by atoms with van der Waals surface area (Å²) in [5.41, 5.74) is 0. The Labute approximate surface area is 111 Å². The number of halogens is 1. The van der Waals surface area contributed by atoms with Gasteiger partial charge in [-0.15, -0.1) is 0 Å². The van der Waals surface area contributed by atoms with E-state index in [4.69, 9.17) is 4.42 Å². The van der Waals surface area contributed by atoms with Crippen LogP contribution in [0.25, 0.3) is 0 Å². The topological polar surface area (TPSA) is 63.0 Å². The molecule has 0 unspecified atom stereocenters. The van der Waals surface area contributed by atoms with Crippen molar-refractivity contribution < 1.29 is 8.81 Å². The zero-order chi connectivity index (χ0) is 13.7. The highest BCUT2D eigenvalue weighted by Crippen LogP contribution is 2.14. The number of hydrogen-bond donors (Lipinski definition) is 2. The van der Waals surface area contributed by atoms with Crippen LogP contribution < -0.4 is 10.6 Å². The van der Waals surface area contributed by atoms with Gasteiger partial charge in [0.05, 0.1) is 12.7 Å². The first-order chi connectivity index (χ1) is 9.19. The normalized spacial score (nSPS) is 10.5. The van der Waals surface area contributed by atoms with Crippen molar-refractivity contribution in [2.45, 2.75) is 26.8 Å². The van der Waals surface area contributed by atoms with Crippen LogP contribution in [0.15, 0.2) is 22.7 Å². The molecule has 2 aromatic rings. The molecule has 6 heteroatoms. The van der Waals surface area contributed by atoms with Crippen LogP contribution in [0.2, 0.25) is 0 Å². The molecule has 0 bridgehead atoms. The van der Waals surface area contributed by atoms with Gasteiger partial charge in [-0.1, -0.05) is 6.92 Å². The molecular formula is C13H17FN4O. The Kier molecular flexibility index (Phi) is 4.33. The standard InChI is InChI=1S/C13H17FN4O/c1-3-6-15-13-17-8-11(14)12(18-13)16-7-10-5-4-9(2)19-10/h4-5,8H,3,6-7H2,1-2H3,(H2,15,16,17,18). The van der Waals surface area contributed by atoms with E-state index in [2.05, 4.69) is 20.6 Å². The Morgan fingerprint density at radius 2 is 2.16 bits per heavy atom. The Morgan fingerprint density at radius 1 is 1.32 bits per heavy atom. The molecule has 0 atom stereocenters. The first-order valence-electron chi connectivity index (χ1n) is 6.24. The molecular weight excluding hydrogens is 247 g/mol. The molecule has 0 aliphatic heterocycles. The molecule has 0 fully saturated rings. The lowest BCUT2D eigenvalue weighted by atomic mass is 10.4. The number of hydrogen-bond acceptors (Lipinski definition) is 5. The third-order valence-corrected chi connectivity index (χ3v) is 2.50. The zero-order valence-corrected chi connectivity index (χ0v) is 11.0. The summed E-state index contributed by atoms with van der Waals surface area (Å²) in [5.74, 6) is 1.66. The van der Waals surface area contributed by atoms with Gasteiger partial charge in [-0.2, -0.15) is 4.98 Å². The van der Waals surface area contributed by atoms with Crippen molar-refractivity contribution in [3.05, 3.63) is 35.7 Å². The van der Waals surface area contributed by atoms with Crippen molar-refractivity contribution in [3.63, 3.8) is 0 Å². The molecule has 19 heavy (non-hydrogen) atoms. The van der Waals surface area contributed by atoms with Crippen LogP contribution in [0.1, 0.15) is 24.9 Å². The van der Waals surface area contributed by atoms with Crippen molar-refractivity contribution in [2.75, 3.05) is 17.2 Å². The molecule has 0 aliphatic rings. The van der Waals surface area contributed by atoms with Gasteiger partial charge < -0.3 is 15.1 Å². The Balaban J connectivity index is 2.02. The van der Waals surface area contributed by atoms with E-state index in [1.165, 1.54) is 0 Å². The predicted octanol–water partition coefficient (Wildman–Crippen LogP) is 2.95. The average Bonchev–Trinajstić information content (AvgIpc) is 2.82. The maximum absolute atomic E-state index is 13.6. The maximum Gasteiger partial charge on any atom is 0.224 e. The highest BCUT2D eigenvalue weighted by molar-refractivity contribution is 5.41. The van der Waals surface area contributed by atoms with E-state index in [0.717, 1.165) is 30.7 Å². The average molecular weight is 264 g/mol. The largest absolute Gasteiger partial charge is 0.465 e. The third kappa shape index (κ3) is 3.67. The van der Waals surface area contributed by atoms with Crippen LogP contribution >= 0.6 is 0 Å². The second-order valence-corrected chi connectivity index (χ2v) is 4.18. The number of aromatic nitrogens is 2. The smallest absolute Gasteiger partial charge is 0.224 e. The highest BCUT2D eigenvalue weighted by atomic mass is 19.1. The minimum atomic E-state index is -0.481. The van der Waals surface area contributed by atoms with Crippen LogP contribution in [0.4, 0.5) is 16.2 Å². The SMILES string of the molecule is CCCNc1ncc(F)c(NCc2ccc(C)o2)n1. The van der Waals surface area contributed by atoms with Crippen LogP contribution in [-0.2, 0) is 6.54 Å². The van der Waals surface area contributed by atoms with Gasteiger partial charge in [-0.25, -0.2) is 9.37 Å². The van der Waals surface area contributed by atoms with E-state index in [0.29, 0.717) is 12.5 Å². The lowest BCUT2D eigenvalue weighted by molar-refractivity contribution is 0.489. The number of rotatable bonds is 6. The van der Waals surface area contributed by atoms with Crippen molar-refractivity contribution in [1.29, 1.82) is 0 Å². The van der Waals surface area contributed by atoms with Gasteiger partial charge in [0.25, 0.3) is 0 Å². The van der Waals surface area contributed by atoms with Crippen LogP contribution in [-0.4, -0.2) is 16.5 Å².